The maximum Gasteiger partial charge on any atom is 0.254 e. The Morgan fingerprint density at radius 1 is 1.22 bits per heavy atom. The predicted molar refractivity (Wildman–Crippen MR) is 69.8 cm³/mol. The lowest BCUT2D eigenvalue weighted by Gasteiger charge is -2.14. The van der Waals surface area contributed by atoms with Crippen LogP contribution in [0.3, 0.4) is 0 Å². The monoisotopic (exact) mass is 303 g/mol. The van der Waals surface area contributed by atoms with Gasteiger partial charge < -0.3 is 4.90 Å². The number of carbonyl (C=O) groups is 1. The normalized spacial score (nSPS) is 13.5. The summed E-state index contributed by atoms with van der Waals surface area (Å²) in [6.07, 6.45) is 3.30. The molecule has 0 radical (unpaired) electrons. The zero-order valence-corrected chi connectivity index (χ0v) is 11.1. The summed E-state index contributed by atoms with van der Waals surface area (Å²) >= 11 is 3.36. The molecule has 90 valence electrons. The van der Waals surface area contributed by atoms with E-state index >= 15 is 0 Å². The molecule has 0 saturated carbocycles. The van der Waals surface area contributed by atoms with E-state index in [4.69, 9.17) is 0 Å². The van der Waals surface area contributed by atoms with Crippen LogP contribution in [-0.2, 0) is 13.1 Å². The van der Waals surface area contributed by atoms with Crippen LogP contribution in [0.15, 0.2) is 41.3 Å². The summed E-state index contributed by atoms with van der Waals surface area (Å²) in [6, 6.07) is 7.38. The summed E-state index contributed by atoms with van der Waals surface area (Å²) in [5.41, 5.74) is 2.66. The SMILES string of the molecule is O=C(c1ccc(Br)cc1)N1Cc2cncnc2C1. The molecule has 1 aromatic heterocycles. The van der Waals surface area contributed by atoms with Crippen LogP contribution in [0.4, 0.5) is 0 Å². The fourth-order valence-corrected chi connectivity index (χ4v) is 2.28. The first kappa shape index (κ1) is 11.3. The van der Waals surface area contributed by atoms with Crippen molar-refractivity contribution in [2.24, 2.45) is 0 Å². The molecule has 0 unspecified atom stereocenters. The Bertz CT molecular complexity index is 572. The van der Waals surface area contributed by atoms with Crippen molar-refractivity contribution in [3.05, 3.63) is 58.1 Å². The predicted octanol–water partition coefficient (Wildman–Crippen LogP) is 2.40. The van der Waals surface area contributed by atoms with Gasteiger partial charge in [-0.1, -0.05) is 15.9 Å². The number of fused-ring (bicyclic) bond motifs is 1. The van der Waals surface area contributed by atoms with E-state index in [1.165, 1.54) is 6.33 Å². The zero-order chi connectivity index (χ0) is 12.5. The van der Waals surface area contributed by atoms with Crippen molar-refractivity contribution < 1.29 is 4.79 Å². The van der Waals surface area contributed by atoms with E-state index in [-0.39, 0.29) is 5.91 Å². The number of hydrogen-bond acceptors (Lipinski definition) is 3. The van der Waals surface area contributed by atoms with Crippen LogP contribution in [0.1, 0.15) is 21.6 Å². The second-order valence-corrected chi connectivity index (χ2v) is 5.08. The van der Waals surface area contributed by atoms with Crippen LogP contribution in [0.2, 0.25) is 0 Å². The maximum atomic E-state index is 12.3. The van der Waals surface area contributed by atoms with Crippen molar-refractivity contribution in [3.8, 4) is 0 Å². The molecule has 1 amide bonds. The van der Waals surface area contributed by atoms with Gasteiger partial charge in [-0.15, -0.1) is 0 Å². The molecule has 0 saturated heterocycles. The molecule has 0 fully saturated rings. The Balaban J connectivity index is 1.82. The molecule has 2 aromatic rings. The zero-order valence-electron chi connectivity index (χ0n) is 9.51. The maximum absolute atomic E-state index is 12.3. The Labute approximate surface area is 113 Å². The molecule has 0 aliphatic carbocycles. The largest absolute Gasteiger partial charge is 0.328 e. The van der Waals surface area contributed by atoms with Gasteiger partial charge in [0, 0.05) is 28.3 Å². The first-order valence-corrected chi connectivity index (χ1v) is 6.36. The minimum atomic E-state index is 0.0282. The Morgan fingerprint density at radius 3 is 2.72 bits per heavy atom. The van der Waals surface area contributed by atoms with E-state index < -0.39 is 0 Å². The van der Waals surface area contributed by atoms with Gasteiger partial charge in [0.15, 0.2) is 0 Å². The second-order valence-electron chi connectivity index (χ2n) is 4.16. The topological polar surface area (TPSA) is 46.1 Å². The number of halogens is 1. The molecular formula is C13H10BrN3O. The molecule has 0 bridgehead atoms. The number of benzene rings is 1. The average molecular weight is 304 g/mol. The lowest BCUT2D eigenvalue weighted by atomic mass is 10.2. The standard InChI is InChI=1S/C13H10BrN3O/c14-11-3-1-9(2-4-11)13(18)17-6-10-5-15-8-16-12(10)7-17/h1-5,8H,6-7H2. The highest BCUT2D eigenvalue weighted by Crippen LogP contribution is 2.22. The highest BCUT2D eigenvalue weighted by atomic mass is 79.9. The molecule has 18 heavy (non-hydrogen) atoms. The lowest BCUT2D eigenvalue weighted by Crippen LogP contribution is -2.25. The quantitative estimate of drug-likeness (QED) is 0.812. The summed E-state index contributed by atoms with van der Waals surface area (Å²) in [5.74, 6) is 0.0282. The molecule has 2 heterocycles. The summed E-state index contributed by atoms with van der Waals surface area (Å²) in [4.78, 5) is 22.2. The second kappa shape index (κ2) is 4.49. The third-order valence-corrected chi connectivity index (χ3v) is 3.49. The lowest BCUT2D eigenvalue weighted by molar-refractivity contribution is 0.0750. The van der Waals surface area contributed by atoms with Crippen molar-refractivity contribution >= 4 is 21.8 Å². The van der Waals surface area contributed by atoms with Crippen LogP contribution in [-0.4, -0.2) is 20.8 Å². The Hall–Kier alpha value is -1.75. The van der Waals surface area contributed by atoms with Gasteiger partial charge in [0.2, 0.25) is 0 Å². The smallest absolute Gasteiger partial charge is 0.254 e. The number of carbonyl (C=O) groups excluding carboxylic acids is 1. The number of amides is 1. The molecule has 0 N–H and O–H groups in total. The van der Waals surface area contributed by atoms with Gasteiger partial charge in [-0.25, -0.2) is 9.97 Å². The fourth-order valence-electron chi connectivity index (χ4n) is 2.02. The number of nitrogens with zero attached hydrogens (tertiary/aromatic N) is 3. The summed E-state index contributed by atoms with van der Waals surface area (Å²) in [6.45, 7) is 1.15. The molecule has 0 atom stereocenters. The summed E-state index contributed by atoms with van der Waals surface area (Å²) in [5, 5.41) is 0. The van der Waals surface area contributed by atoms with Crippen LogP contribution in [0.5, 0.6) is 0 Å². The number of aromatic nitrogens is 2. The van der Waals surface area contributed by atoms with Crippen LogP contribution in [0, 0.1) is 0 Å². The van der Waals surface area contributed by atoms with Gasteiger partial charge in [0.25, 0.3) is 5.91 Å². The van der Waals surface area contributed by atoms with Gasteiger partial charge in [-0.05, 0) is 24.3 Å². The van der Waals surface area contributed by atoms with Gasteiger partial charge in [0.1, 0.15) is 6.33 Å². The summed E-state index contributed by atoms with van der Waals surface area (Å²) < 4.78 is 0.967. The van der Waals surface area contributed by atoms with Crippen molar-refractivity contribution in [2.75, 3.05) is 0 Å². The van der Waals surface area contributed by atoms with Crippen LogP contribution in [0.25, 0.3) is 0 Å². The highest BCUT2D eigenvalue weighted by Gasteiger charge is 2.25. The number of hydrogen-bond donors (Lipinski definition) is 0. The molecule has 0 spiro atoms. The van der Waals surface area contributed by atoms with E-state index in [2.05, 4.69) is 25.9 Å². The van der Waals surface area contributed by atoms with E-state index in [0.717, 1.165) is 15.7 Å². The highest BCUT2D eigenvalue weighted by molar-refractivity contribution is 9.10. The molecular weight excluding hydrogens is 294 g/mol. The van der Waals surface area contributed by atoms with E-state index in [9.17, 15) is 4.79 Å². The van der Waals surface area contributed by atoms with Crippen molar-refractivity contribution in [1.29, 1.82) is 0 Å². The van der Waals surface area contributed by atoms with E-state index in [0.29, 0.717) is 18.7 Å². The first-order chi connectivity index (χ1) is 8.74. The van der Waals surface area contributed by atoms with Crippen LogP contribution < -0.4 is 0 Å². The third kappa shape index (κ3) is 2.01. The minimum absolute atomic E-state index is 0.0282. The first-order valence-electron chi connectivity index (χ1n) is 5.56. The molecule has 1 aromatic carbocycles. The van der Waals surface area contributed by atoms with Gasteiger partial charge in [-0.2, -0.15) is 0 Å². The van der Waals surface area contributed by atoms with Gasteiger partial charge >= 0.3 is 0 Å². The molecule has 1 aliphatic heterocycles. The fraction of sp³-hybridized carbons (Fsp3) is 0.154. The molecule has 1 aliphatic rings. The molecule has 3 rings (SSSR count). The van der Waals surface area contributed by atoms with Crippen molar-refractivity contribution in [3.63, 3.8) is 0 Å². The van der Waals surface area contributed by atoms with Crippen LogP contribution >= 0.6 is 15.9 Å². The van der Waals surface area contributed by atoms with E-state index in [1.807, 2.05) is 24.3 Å². The van der Waals surface area contributed by atoms with Crippen molar-refractivity contribution in [2.45, 2.75) is 13.1 Å². The van der Waals surface area contributed by atoms with Gasteiger partial charge in [-0.3, -0.25) is 4.79 Å². The number of rotatable bonds is 1. The van der Waals surface area contributed by atoms with Crippen molar-refractivity contribution in [1.82, 2.24) is 14.9 Å². The Morgan fingerprint density at radius 2 is 2.00 bits per heavy atom. The molecule has 5 heteroatoms. The van der Waals surface area contributed by atoms with E-state index in [1.54, 1.807) is 11.1 Å². The Kier molecular flexibility index (Phi) is 2.83. The molecule has 4 nitrogen and oxygen atoms in total. The summed E-state index contributed by atoms with van der Waals surface area (Å²) in [7, 11) is 0. The minimum Gasteiger partial charge on any atom is -0.328 e. The van der Waals surface area contributed by atoms with Gasteiger partial charge in [0.05, 0.1) is 12.2 Å². The third-order valence-electron chi connectivity index (χ3n) is 2.96. The average Bonchev–Trinajstić information content (AvgIpc) is 2.82.